The molecule has 0 aliphatic rings. The second-order valence-electron chi connectivity index (χ2n) is 9.77. The summed E-state index contributed by atoms with van der Waals surface area (Å²) >= 11 is 0. The molecule has 1 aromatic heterocycles. The van der Waals surface area contributed by atoms with Gasteiger partial charge in [0.25, 0.3) is 5.56 Å². The first-order valence-corrected chi connectivity index (χ1v) is 14.9. The van der Waals surface area contributed by atoms with Gasteiger partial charge in [0.1, 0.15) is 29.6 Å². The van der Waals surface area contributed by atoms with Crippen molar-refractivity contribution in [3.05, 3.63) is 64.6 Å². The highest BCUT2D eigenvalue weighted by Gasteiger charge is 2.27. The van der Waals surface area contributed by atoms with Crippen molar-refractivity contribution in [2.75, 3.05) is 18.5 Å². The van der Waals surface area contributed by atoms with Gasteiger partial charge in [0.2, 0.25) is 21.8 Å². The second kappa shape index (κ2) is 16.2. The van der Waals surface area contributed by atoms with E-state index in [0.29, 0.717) is 12.5 Å². The Labute approximate surface area is 248 Å². The van der Waals surface area contributed by atoms with Crippen LogP contribution >= 0.6 is 0 Å². The van der Waals surface area contributed by atoms with E-state index in [2.05, 4.69) is 15.4 Å². The van der Waals surface area contributed by atoms with E-state index in [9.17, 15) is 42.6 Å². The van der Waals surface area contributed by atoms with Crippen LogP contribution in [0.3, 0.4) is 0 Å². The summed E-state index contributed by atoms with van der Waals surface area (Å²) in [7, 11) is -4.52. The van der Waals surface area contributed by atoms with E-state index in [1.54, 1.807) is 6.92 Å². The predicted octanol–water partition coefficient (Wildman–Crippen LogP) is 1.60. The number of pyridine rings is 1. The number of hydrogen-bond acceptors (Lipinski definition) is 9. The molecule has 5 N–H and O–H groups in total. The first-order valence-electron chi connectivity index (χ1n) is 13.4. The van der Waals surface area contributed by atoms with Crippen LogP contribution in [0, 0.1) is 5.92 Å². The minimum atomic E-state index is -4.52. The van der Waals surface area contributed by atoms with Crippen LogP contribution in [0.1, 0.15) is 50.4 Å². The topological polar surface area (TPSA) is 210 Å². The molecule has 1 atom stereocenters. The molecule has 0 bridgehead atoms. The largest absolute Gasteiger partial charge is 0.507 e. The lowest BCUT2D eigenvalue weighted by atomic mass is 10.1. The summed E-state index contributed by atoms with van der Waals surface area (Å²) < 4.78 is 34.3. The third-order valence-corrected chi connectivity index (χ3v) is 7.39. The number of sulfonamides is 1. The van der Waals surface area contributed by atoms with E-state index in [-0.39, 0.29) is 31.7 Å². The van der Waals surface area contributed by atoms with Crippen LogP contribution in [0.15, 0.2) is 58.4 Å². The Morgan fingerprint density at radius 2 is 1.84 bits per heavy atom. The van der Waals surface area contributed by atoms with Crippen molar-refractivity contribution < 1.29 is 42.5 Å². The Kier molecular flexibility index (Phi) is 13.1. The number of nitrogens with zero attached hydrogens (tertiary/aromatic N) is 1. The molecule has 14 nitrogen and oxygen atoms in total. The van der Waals surface area contributed by atoms with Crippen LogP contribution in [-0.2, 0) is 35.7 Å². The quantitative estimate of drug-likeness (QED) is 0.135. The maximum Gasteiger partial charge on any atom is 0.339 e. The van der Waals surface area contributed by atoms with Crippen LogP contribution in [0.5, 0.6) is 5.75 Å². The smallest absolute Gasteiger partial charge is 0.339 e. The Balaban J connectivity index is 2.29. The fourth-order valence-electron chi connectivity index (χ4n) is 3.67. The highest BCUT2D eigenvalue weighted by atomic mass is 32.2. The Morgan fingerprint density at radius 1 is 1.12 bits per heavy atom. The highest BCUT2D eigenvalue weighted by molar-refractivity contribution is 7.89. The van der Waals surface area contributed by atoms with Crippen molar-refractivity contribution in [1.29, 1.82) is 0 Å². The van der Waals surface area contributed by atoms with E-state index in [4.69, 9.17) is 4.74 Å². The molecule has 0 aliphatic carbocycles. The van der Waals surface area contributed by atoms with E-state index in [1.165, 1.54) is 24.4 Å². The van der Waals surface area contributed by atoms with Crippen LogP contribution < -0.4 is 20.9 Å². The number of aromatic hydroxyl groups is 1. The highest BCUT2D eigenvalue weighted by Crippen LogP contribution is 2.22. The van der Waals surface area contributed by atoms with Gasteiger partial charge in [-0.15, -0.1) is 0 Å². The van der Waals surface area contributed by atoms with Gasteiger partial charge in [-0.05, 0) is 62.4 Å². The van der Waals surface area contributed by atoms with Gasteiger partial charge in [0.15, 0.2) is 0 Å². The summed E-state index contributed by atoms with van der Waals surface area (Å²) in [4.78, 5) is 60.9. The van der Waals surface area contributed by atoms with Crippen molar-refractivity contribution in [3.8, 4) is 5.75 Å². The predicted molar refractivity (Wildman–Crippen MR) is 156 cm³/mol. The standard InChI is InChI=1S/C28H36N4O10S/c1-4-42-25(35)10-6-5-8-21(31-43(40,41)19-11-12-23(33)20(16-19)28(38)39)26(36)30-22-9-7-15-32(27(22)37)17-24(34)29-14-13-18(2)3/h6-7,9-12,15-16,18,21,31,33H,4-5,8,13-14,17H2,1-3H3,(H,29,34)(H,30,36)(H,38,39)/b10-6+/t21-/m0/s1. The molecular weight excluding hydrogens is 584 g/mol. The van der Waals surface area contributed by atoms with Crippen LogP contribution in [-0.4, -0.2) is 66.1 Å². The monoisotopic (exact) mass is 620 g/mol. The van der Waals surface area contributed by atoms with Gasteiger partial charge in [0, 0.05) is 18.8 Å². The summed E-state index contributed by atoms with van der Waals surface area (Å²) in [6.07, 6.45) is 4.47. The average Bonchev–Trinajstić information content (AvgIpc) is 2.92. The summed E-state index contributed by atoms with van der Waals surface area (Å²) in [5, 5.41) is 24.1. The molecule has 2 aromatic rings. The lowest BCUT2D eigenvalue weighted by Gasteiger charge is -2.18. The molecule has 0 unspecified atom stereocenters. The number of aromatic nitrogens is 1. The van der Waals surface area contributed by atoms with Gasteiger partial charge in [0.05, 0.1) is 11.5 Å². The van der Waals surface area contributed by atoms with Gasteiger partial charge in [-0.1, -0.05) is 19.9 Å². The number of carboxylic acids is 1. The molecule has 0 aliphatic heterocycles. The number of amides is 2. The van der Waals surface area contributed by atoms with E-state index in [1.807, 2.05) is 13.8 Å². The van der Waals surface area contributed by atoms with Gasteiger partial charge in [-0.2, -0.15) is 4.72 Å². The van der Waals surface area contributed by atoms with E-state index in [0.717, 1.165) is 35.3 Å². The zero-order valence-corrected chi connectivity index (χ0v) is 24.8. The van der Waals surface area contributed by atoms with E-state index < -0.39 is 61.6 Å². The van der Waals surface area contributed by atoms with Gasteiger partial charge < -0.3 is 30.2 Å². The zero-order chi connectivity index (χ0) is 32.2. The van der Waals surface area contributed by atoms with Crippen molar-refractivity contribution in [2.24, 2.45) is 5.92 Å². The molecule has 15 heteroatoms. The molecule has 0 saturated carbocycles. The summed E-state index contributed by atoms with van der Waals surface area (Å²) in [6.45, 7) is 5.91. The van der Waals surface area contributed by atoms with Gasteiger partial charge in [-0.25, -0.2) is 18.0 Å². The third kappa shape index (κ3) is 11.0. The number of rotatable bonds is 16. The van der Waals surface area contributed by atoms with Crippen molar-refractivity contribution in [1.82, 2.24) is 14.6 Å². The molecule has 2 amide bonds. The molecule has 0 saturated heterocycles. The molecule has 0 radical (unpaired) electrons. The van der Waals surface area contributed by atoms with Crippen molar-refractivity contribution >= 4 is 39.5 Å². The molecule has 43 heavy (non-hydrogen) atoms. The molecular formula is C28H36N4O10S. The number of hydrogen-bond donors (Lipinski definition) is 5. The fourth-order valence-corrected chi connectivity index (χ4v) is 4.93. The van der Waals surface area contributed by atoms with Crippen LogP contribution in [0.2, 0.25) is 0 Å². The third-order valence-electron chi connectivity index (χ3n) is 5.92. The number of anilines is 1. The molecule has 0 spiro atoms. The van der Waals surface area contributed by atoms with Gasteiger partial charge >= 0.3 is 11.9 Å². The minimum Gasteiger partial charge on any atom is -0.507 e. The number of phenols is 1. The number of allylic oxidation sites excluding steroid dienone is 1. The SMILES string of the molecule is CCOC(=O)/C=C/CC[C@H](NS(=O)(=O)c1ccc(O)c(C(=O)O)c1)C(=O)Nc1cccn(CC(=O)NCCC(C)C)c1=O. The first-order chi connectivity index (χ1) is 20.2. The number of carbonyl (C=O) groups is 4. The first kappa shape index (κ1) is 34.7. The molecule has 234 valence electrons. The lowest BCUT2D eigenvalue weighted by molar-refractivity contribution is -0.137. The Hall–Kier alpha value is -4.50. The van der Waals surface area contributed by atoms with Crippen molar-refractivity contribution in [2.45, 2.75) is 57.5 Å². The maximum absolute atomic E-state index is 13.3. The summed E-state index contributed by atoms with van der Waals surface area (Å²) in [5.74, 6) is -3.81. The van der Waals surface area contributed by atoms with Gasteiger partial charge in [-0.3, -0.25) is 14.4 Å². The normalized spacial score (nSPS) is 12.2. The number of benzene rings is 1. The number of aromatic carboxylic acids is 1. The second-order valence-corrected chi connectivity index (χ2v) is 11.5. The summed E-state index contributed by atoms with van der Waals surface area (Å²) in [5.41, 5.74) is -1.59. The number of carbonyl (C=O) groups excluding carboxylic acids is 3. The van der Waals surface area contributed by atoms with Crippen LogP contribution in [0.25, 0.3) is 0 Å². The molecule has 1 heterocycles. The number of carboxylic acid groups (broad SMARTS) is 1. The minimum absolute atomic E-state index is 0.0327. The number of nitrogens with one attached hydrogen (secondary N) is 3. The van der Waals surface area contributed by atoms with Crippen molar-refractivity contribution in [3.63, 3.8) is 0 Å². The number of ether oxygens (including phenoxy) is 1. The molecule has 1 aromatic carbocycles. The maximum atomic E-state index is 13.3. The molecule has 0 fully saturated rings. The average molecular weight is 621 g/mol. The molecule has 2 rings (SSSR count). The van der Waals surface area contributed by atoms with E-state index >= 15 is 0 Å². The Bertz CT molecular complexity index is 1520. The fraction of sp³-hybridized carbons (Fsp3) is 0.393. The Morgan fingerprint density at radius 3 is 2.49 bits per heavy atom. The zero-order valence-electron chi connectivity index (χ0n) is 24.0. The lowest BCUT2D eigenvalue weighted by Crippen LogP contribution is -2.44. The number of esters is 1. The van der Waals surface area contributed by atoms with Crippen LogP contribution in [0.4, 0.5) is 5.69 Å². The summed E-state index contributed by atoms with van der Waals surface area (Å²) in [6, 6.07) is 3.81.